The Morgan fingerprint density at radius 1 is 1.20 bits per heavy atom. The summed E-state index contributed by atoms with van der Waals surface area (Å²) in [5, 5.41) is 13.1. The van der Waals surface area contributed by atoms with Crippen LogP contribution in [0.2, 0.25) is 0 Å². The van der Waals surface area contributed by atoms with Crippen molar-refractivity contribution in [3.8, 4) is 23.0 Å². The number of aromatic nitrogens is 2. The molecule has 6 nitrogen and oxygen atoms in total. The zero-order chi connectivity index (χ0) is 14.5. The highest BCUT2D eigenvalue weighted by Gasteiger charge is 2.15. The van der Waals surface area contributed by atoms with Crippen molar-refractivity contribution in [3.05, 3.63) is 24.0 Å². The highest BCUT2D eigenvalue weighted by atomic mass is 16.5. The van der Waals surface area contributed by atoms with Crippen LogP contribution in [0.3, 0.4) is 0 Å². The average molecular weight is 278 g/mol. The molecule has 0 amide bonds. The lowest BCUT2D eigenvalue weighted by Gasteiger charge is -2.11. The van der Waals surface area contributed by atoms with Gasteiger partial charge >= 0.3 is 0 Å². The van der Waals surface area contributed by atoms with Crippen LogP contribution in [0.25, 0.3) is 11.5 Å². The summed E-state index contributed by atoms with van der Waals surface area (Å²) < 4.78 is 16.2. The maximum Gasteiger partial charge on any atom is 0.258 e. The van der Waals surface area contributed by atoms with E-state index in [0.29, 0.717) is 30.6 Å². The molecule has 1 atom stereocenters. The Kier molecular flexibility index (Phi) is 4.57. The molecule has 2 aromatic rings. The van der Waals surface area contributed by atoms with E-state index < -0.39 is 6.10 Å². The minimum atomic E-state index is -0.762. The molecule has 108 valence electrons. The van der Waals surface area contributed by atoms with Crippen LogP contribution >= 0.6 is 0 Å². The van der Waals surface area contributed by atoms with Gasteiger partial charge in [-0.3, -0.25) is 0 Å². The fourth-order valence-electron chi connectivity index (χ4n) is 1.71. The maximum atomic E-state index is 9.41. The Morgan fingerprint density at radius 3 is 2.50 bits per heavy atom. The van der Waals surface area contributed by atoms with E-state index in [2.05, 4.69) is 10.1 Å². The quantitative estimate of drug-likeness (QED) is 0.875. The maximum absolute atomic E-state index is 9.41. The van der Waals surface area contributed by atoms with Crippen molar-refractivity contribution in [1.29, 1.82) is 0 Å². The molecule has 0 aliphatic rings. The number of nitrogens with zero attached hydrogens (tertiary/aromatic N) is 2. The second-order valence-corrected chi connectivity index (χ2v) is 4.16. The van der Waals surface area contributed by atoms with Crippen molar-refractivity contribution in [2.75, 3.05) is 13.2 Å². The molecule has 0 aliphatic carbocycles. The summed E-state index contributed by atoms with van der Waals surface area (Å²) in [4.78, 5) is 4.13. The Bertz CT molecular complexity index is 566. The predicted molar refractivity (Wildman–Crippen MR) is 72.7 cm³/mol. The van der Waals surface area contributed by atoms with Crippen LogP contribution in [0, 0.1) is 0 Å². The van der Waals surface area contributed by atoms with Crippen molar-refractivity contribution < 1.29 is 19.1 Å². The molecular formula is C14H18N2O4. The first-order valence-corrected chi connectivity index (χ1v) is 6.57. The van der Waals surface area contributed by atoms with Gasteiger partial charge in [-0.2, -0.15) is 4.98 Å². The minimum Gasteiger partial charge on any atom is -0.490 e. The fourth-order valence-corrected chi connectivity index (χ4v) is 1.71. The van der Waals surface area contributed by atoms with Crippen molar-refractivity contribution in [1.82, 2.24) is 10.1 Å². The van der Waals surface area contributed by atoms with Gasteiger partial charge in [0, 0.05) is 5.56 Å². The van der Waals surface area contributed by atoms with Crippen LogP contribution in [0.1, 0.15) is 32.7 Å². The number of ether oxygens (including phenoxy) is 2. The lowest BCUT2D eigenvalue weighted by molar-refractivity contribution is 0.184. The van der Waals surface area contributed by atoms with Crippen molar-refractivity contribution >= 4 is 0 Å². The number of aliphatic hydroxyl groups is 1. The highest BCUT2D eigenvalue weighted by Crippen LogP contribution is 2.32. The molecule has 0 saturated heterocycles. The molecule has 0 aliphatic heterocycles. The molecule has 1 unspecified atom stereocenters. The molecule has 0 fully saturated rings. The molecule has 1 aromatic heterocycles. The lowest BCUT2D eigenvalue weighted by Crippen LogP contribution is -1.98. The van der Waals surface area contributed by atoms with Gasteiger partial charge in [0.1, 0.15) is 6.10 Å². The third-order valence-corrected chi connectivity index (χ3v) is 2.61. The minimum absolute atomic E-state index is 0.256. The van der Waals surface area contributed by atoms with Crippen molar-refractivity contribution in [2.45, 2.75) is 26.9 Å². The van der Waals surface area contributed by atoms with E-state index in [-0.39, 0.29) is 5.82 Å². The van der Waals surface area contributed by atoms with Gasteiger partial charge in [-0.05, 0) is 39.0 Å². The van der Waals surface area contributed by atoms with E-state index in [0.717, 1.165) is 5.56 Å². The summed E-state index contributed by atoms with van der Waals surface area (Å²) in [6, 6.07) is 5.40. The van der Waals surface area contributed by atoms with Gasteiger partial charge in [-0.15, -0.1) is 0 Å². The molecule has 2 rings (SSSR count). The second kappa shape index (κ2) is 6.38. The topological polar surface area (TPSA) is 77.6 Å². The average Bonchev–Trinajstić information content (AvgIpc) is 2.91. The first kappa shape index (κ1) is 14.3. The number of hydrogen-bond donors (Lipinski definition) is 1. The third-order valence-electron chi connectivity index (χ3n) is 2.61. The lowest BCUT2D eigenvalue weighted by atomic mass is 10.2. The van der Waals surface area contributed by atoms with E-state index in [1.807, 2.05) is 19.9 Å². The predicted octanol–water partition coefficient (Wildman–Crippen LogP) is 2.59. The first-order chi connectivity index (χ1) is 9.65. The van der Waals surface area contributed by atoms with Gasteiger partial charge in [0.05, 0.1) is 13.2 Å². The van der Waals surface area contributed by atoms with Crippen LogP contribution in [0.15, 0.2) is 22.7 Å². The Labute approximate surface area is 117 Å². The van der Waals surface area contributed by atoms with Gasteiger partial charge in [0.15, 0.2) is 17.3 Å². The number of hydrogen-bond acceptors (Lipinski definition) is 6. The van der Waals surface area contributed by atoms with E-state index in [9.17, 15) is 5.11 Å². The summed E-state index contributed by atoms with van der Waals surface area (Å²) in [6.07, 6.45) is -0.762. The van der Waals surface area contributed by atoms with E-state index >= 15 is 0 Å². The van der Waals surface area contributed by atoms with E-state index in [1.54, 1.807) is 19.1 Å². The van der Waals surface area contributed by atoms with Gasteiger partial charge < -0.3 is 19.1 Å². The fraction of sp³-hybridized carbons (Fsp3) is 0.429. The van der Waals surface area contributed by atoms with Crippen LogP contribution in [0.4, 0.5) is 0 Å². The Morgan fingerprint density at radius 2 is 1.90 bits per heavy atom. The molecule has 0 spiro atoms. The molecule has 0 saturated carbocycles. The Balaban J connectivity index is 2.33. The van der Waals surface area contributed by atoms with Gasteiger partial charge in [-0.25, -0.2) is 0 Å². The smallest absolute Gasteiger partial charge is 0.258 e. The molecule has 1 heterocycles. The number of aliphatic hydroxyl groups excluding tert-OH is 1. The van der Waals surface area contributed by atoms with Gasteiger partial charge in [-0.1, -0.05) is 5.16 Å². The first-order valence-electron chi connectivity index (χ1n) is 6.57. The largest absolute Gasteiger partial charge is 0.490 e. The standard InChI is InChI=1S/C14H18N2O4/c1-4-18-11-7-6-10(8-12(11)19-5-2)14-15-13(9(3)17)16-20-14/h6-9,17H,4-5H2,1-3H3. The Hall–Kier alpha value is -2.08. The zero-order valence-electron chi connectivity index (χ0n) is 11.8. The molecule has 20 heavy (non-hydrogen) atoms. The van der Waals surface area contributed by atoms with Gasteiger partial charge in [0.25, 0.3) is 5.89 Å². The summed E-state index contributed by atoms with van der Waals surface area (Å²) in [6.45, 7) is 6.49. The normalized spacial score (nSPS) is 12.2. The number of benzene rings is 1. The molecular weight excluding hydrogens is 260 g/mol. The number of rotatable bonds is 6. The zero-order valence-corrected chi connectivity index (χ0v) is 11.8. The monoisotopic (exact) mass is 278 g/mol. The van der Waals surface area contributed by atoms with Crippen LogP contribution in [-0.4, -0.2) is 28.5 Å². The van der Waals surface area contributed by atoms with Crippen LogP contribution < -0.4 is 9.47 Å². The molecule has 1 N–H and O–H groups in total. The summed E-state index contributed by atoms with van der Waals surface area (Å²) in [5.41, 5.74) is 0.719. The van der Waals surface area contributed by atoms with E-state index in [4.69, 9.17) is 14.0 Å². The molecule has 1 aromatic carbocycles. The second-order valence-electron chi connectivity index (χ2n) is 4.16. The summed E-state index contributed by atoms with van der Waals surface area (Å²) >= 11 is 0. The summed E-state index contributed by atoms with van der Waals surface area (Å²) in [7, 11) is 0. The van der Waals surface area contributed by atoms with Crippen LogP contribution in [0.5, 0.6) is 11.5 Å². The molecule has 0 radical (unpaired) electrons. The summed E-state index contributed by atoms with van der Waals surface area (Å²) in [5.74, 6) is 1.90. The third kappa shape index (κ3) is 3.08. The molecule has 6 heteroatoms. The highest BCUT2D eigenvalue weighted by molar-refractivity contribution is 5.59. The van der Waals surface area contributed by atoms with E-state index in [1.165, 1.54) is 0 Å². The van der Waals surface area contributed by atoms with Crippen molar-refractivity contribution in [2.24, 2.45) is 0 Å². The molecule has 0 bridgehead atoms. The SMILES string of the molecule is CCOc1ccc(-c2nc(C(C)O)no2)cc1OCC. The van der Waals surface area contributed by atoms with Crippen molar-refractivity contribution in [3.63, 3.8) is 0 Å². The van der Waals surface area contributed by atoms with Crippen LogP contribution in [-0.2, 0) is 0 Å². The van der Waals surface area contributed by atoms with Gasteiger partial charge in [0.2, 0.25) is 0 Å².